The number of benzene rings is 1. The van der Waals surface area contributed by atoms with Crippen LogP contribution in [-0.2, 0) is 4.79 Å². The van der Waals surface area contributed by atoms with Gasteiger partial charge in [0.25, 0.3) is 0 Å². The van der Waals surface area contributed by atoms with Gasteiger partial charge < -0.3 is 10.4 Å². The summed E-state index contributed by atoms with van der Waals surface area (Å²) in [6.45, 7) is 4.11. The number of hydrogen-bond acceptors (Lipinski definition) is 6. The Hall–Kier alpha value is -1.60. The molecular weight excluding hydrogens is 282 g/mol. The van der Waals surface area contributed by atoms with Gasteiger partial charge in [0.1, 0.15) is 0 Å². The van der Waals surface area contributed by atoms with Gasteiger partial charge in [-0.05, 0) is 37.1 Å². The summed E-state index contributed by atoms with van der Waals surface area (Å²) in [5.74, 6) is -0.859. The molecule has 2 aromatic rings. The van der Waals surface area contributed by atoms with Crippen molar-refractivity contribution in [1.29, 1.82) is 0 Å². The van der Waals surface area contributed by atoms with Crippen molar-refractivity contribution in [3.05, 3.63) is 29.3 Å². The van der Waals surface area contributed by atoms with Crippen LogP contribution in [0.4, 0.5) is 10.8 Å². The van der Waals surface area contributed by atoms with Gasteiger partial charge in [0, 0.05) is 5.69 Å². The molecule has 0 fully saturated rings. The highest BCUT2D eigenvalue weighted by Crippen LogP contribution is 2.28. The zero-order valence-corrected chi connectivity index (χ0v) is 12.1. The van der Waals surface area contributed by atoms with E-state index in [0.29, 0.717) is 9.47 Å². The van der Waals surface area contributed by atoms with Gasteiger partial charge in [-0.25, -0.2) is 0 Å². The molecule has 7 heteroatoms. The lowest BCUT2D eigenvalue weighted by Crippen LogP contribution is -1.96. The number of hydrogen-bond donors (Lipinski definition) is 2. The molecule has 0 saturated heterocycles. The third-order valence-electron chi connectivity index (χ3n) is 2.48. The van der Waals surface area contributed by atoms with Gasteiger partial charge in [0.2, 0.25) is 5.13 Å². The summed E-state index contributed by atoms with van der Waals surface area (Å²) in [5.41, 5.74) is 3.39. The second-order valence-electron chi connectivity index (χ2n) is 3.98. The summed E-state index contributed by atoms with van der Waals surface area (Å²) in [6, 6.07) is 6.06. The van der Waals surface area contributed by atoms with Gasteiger partial charge >= 0.3 is 5.97 Å². The van der Waals surface area contributed by atoms with Crippen LogP contribution in [0.15, 0.2) is 22.5 Å². The van der Waals surface area contributed by atoms with Crippen molar-refractivity contribution in [2.45, 2.75) is 18.2 Å². The van der Waals surface area contributed by atoms with E-state index in [2.05, 4.69) is 29.4 Å². The van der Waals surface area contributed by atoms with Crippen LogP contribution >= 0.6 is 23.1 Å². The first-order valence-electron chi connectivity index (χ1n) is 5.57. The summed E-state index contributed by atoms with van der Waals surface area (Å²) in [7, 11) is 0. The highest BCUT2D eigenvalue weighted by Gasteiger charge is 2.07. The first-order valence-corrected chi connectivity index (χ1v) is 7.37. The molecule has 5 nitrogen and oxygen atoms in total. The van der Waals surface area contributed by atoms with E-state index in [4.69, 9.17) is 5.11 Å². The maximum Gasteiger partial charge on any atom is 0.313 e. The summed E-state index contributed by atoms with van der Waals surface area (Å²) >= 11 is 2.52. The molecule has 0 saturated carbocycles. The largest absolute Gasteiger partial charge is 0.481 e. The molecule has 0 unspecified atom stereocenters. The van der Waals surface area contributed by atoms with Gasteiger partial charge in [0.15, 0.2) is 4.34 Å². The Bertz CT molecular complexity index is 598. The molecule has 0 aliphatic carbocycles. The molecule has 19 heavy (non-hydrogen) atoms. The van der Waals surface area contributed by atoms with Crippen LogP contribution in [0.2, 0.25) is 0 Å². The Morgan fingerprint density at radius 1 is 1.37 bits per heavy atom. The normalized spacial score (nSPS) is 10.4. The molecule has 0 atom stereocenters. The van der Waals surface area contributed by atoms with E-state index in [-0.39, 0.29) is 5.75 Å². The Kier molecular flexibility index (Phi) is 4.39. The molecule has 1 aromatic carbocycles. The summed E-state index contributed by atoms with van der Waals surface area (Å²) in [6.07, 6.45) is 0. The van der Waals surface area contributed by atoms with Crippen molar-refractivity contribution < 1.29 is 9.90 Å². The number of nitrogens with one attached hydrogen (secondary N) is 1. The van der Waals surface area contributed by atoms with E-state index in [0.717, 1.165) is 5.69 Å². The first-order chi connectivity index (χ1) is 9.04. The highest BCUT2D eigenvalue weighted by molar-refractivity contribution is 8.01. The number of thioether (sulfide) groups is 1. The lowest BCUT2D eigenvalue weighted by atomic mass is 10.1. The lowest BCUT2D eigenvalue weighted by Gasteiger charge is -2.05. The first kappa shape index (κ1) is 13.8. The summed E-state index contributed by atoms with van der Waals surface area (Å²) in [5, 5.41) is 20.3. The Morgan fingerprint density at radius 2 is 2.16 bits per heavy atom. The van der Waals surface area contributed by atoms with E-state index >= 15 is 0 Å². The van der Waals surface area contributed by atoms with E-state index in [1.807, 2.05) is 18.2 Å². The summed E-state index contributed by atoms with van der Waals surface area (Å²) < 4.78 is 0.647. The second kappa shape index (κ2) is 6.03. The third-order valence-corrected chi connectivity index (χ3v) is 4.44. The molecule has 2 rings (SSSR count). The molecule has 0 spiro atoms. The van der Waals surface area contributed by atoms with Crippen molar-refractivity contribution >= 4 is 39.9 Å². The second-order valence-corrected chi connectivity index (χ2v) is 6.18. The number of aliphatic carboxylic acids is 1. The molecule has 0 bridgehead atoms. The molecule has 1 heterocycles. The number of carbonyl (C=O) groups is 1. The van der Waals surface area contributed by atoms with Gasteiger partial charge in [-0.2, -0.15) is 0 Å². The molecule has 2 N–H and O–H groups in total. The maximum absolute atomic E-state index is 10.5. The smallest absolute Gasteiger partial charge is 0.313 e. The number of rotatable bonds is 5. The monoisotopic (exact) mass is 295 g/mol. The van der Waals surface area contributed by atoms with Crippen LogP contribution in [0.1, 0.15) is 11.1 Å². The average Bonchev–Trinajstić information content (AvgIpc) is 2.79. The van der Waals surface area contributed by atoms with Crippen molar-refractivity contribution in [3.63, 3.8) is 0 Å². The Morgan fingerprint density at radius 3 is 2.84 bits per heavy atom. The minimum absolute atomic E-state index is 0.00171. The molecule has 100 valence electrons. The molecule has 0 aliphatic rings. The number of aryl methyl sites for hydroxylation is 2. The number of carboxylic acid groups (broad SMARTS) is 1. The molecule has 0 amide bonds. The molecular formula is C12H13N3O2S2. The number of nitrogens with zero attached hydrogens (tertiary/aromatic N) is 2. The predicted molar refractivity (Wildman–Crippen MR) is 77.5 cm³/mol. The fraction of sp³-hybridized carbons (Fsp3) is 0.250. The van der Waals surface area contributed by atoms with Gasteiger partial charge in [-0.1, -0.05) is 29.2 Å². The number of aromatic nitrogens is 2. The van der Waals surface area contributed by atoms with E-state index in [1.165, 1.54) is 34.2 Å². The third kappa shape index (κ3) is 3.93. The predicted octanol–water partition coefficient (Wildman–Crippen LogP) is 3.08. The number of anilines is 2. The lowest BCUT2D eigenvalue weighted by molar-refractivity contribution is -0.133. The average molecular weight is 295 g/mol. The van der Waals surface area contributed by atoms with Crippen LogP contribution in [-0.4, -0.2) is 27.0 Å². The van der Waals surface area contributed by atoms with Crippen LogP contribution in [0.3, 0.4) is 0 Å². The zero-order valence-electron chi connectivity index (χ0n) is 10.5. The summed E-state index contributed by atoms with van der Waals surface area (Å²) in [4.78, 5) is 10.5. The van der Waals surface area contributed by atoms with E-state index < -0.39 is 5.97 Å². The topological polar surface area (TPSA) is 75.1 Å². The van der Waals surface area contributed by atoms with E-state index in [9.17, 15) is 4.79 Å². The fourth-order valence-corrected chi connectivity index (χ4v) is 2.88. The van der Waals surface area contributed by atoms with Gasteiger partial charge in [-0.3, -0.25) is 4.79 Å². The van der Waals surface area contributed by atoms with Crippen LogP contribution in [0, 0.1) is 13.8 Å². The molecule has 1 aromatic heterocycles. The number of carboxylic acids is 1. The minimum Gasteiger partial charge on any atom is -0.481 e. The highest BCUT2D eigenvalue weighted by atomic mass is 32.2. The van der Waals surface area contributed by atoms with Gasteiger partial charge in [0.05, 0.1) is 5.75 Å². The zero-order chi connectivity index (χ0) is 13.8. The quantitative estimate of drug-likeness (QED) is 0.826. The van der Waals surface area contributed by atoms with E-state index in [1.54, 1.807) is 0 Å². The van der Waals surface area contributed by atoms with Crippen molar-refractivity contribution in [3.8, 4) is 0 Å². The van der Waals surface area contributed by atoms with Crippen molar-refractivity contribution in [2.24, 2.45) is 0 Å². The van der Waals surface area contributed by atoms with Crippen LogP contribution in [0.25, 0.3) is 0 Å². The SMILES string of the molecule is Cc1ccc(Nc2nnc(SCC(=O)O)s2)cc1C. The standard InChI is InChI=1S/C12H13N3O2S2/c1-7-3-4-9(5-8(7)2)13-11-14-15-12(19-11)18-6-10(16)17/h3-5H,6H2,1-2H3,(H,13,14)(H,16,17). The maximum atomic E-state index is 10.5. The van der Waals surface area contributed by atoms with Gasteiger partial charge in [-0.15, -0.1) is 10.2 Å². The molecule has 0 radical (unpaired) electrons. The molecule has 0 aliphatic heterocycles. The van der Waals surface area contributed by atoms with Crippen LogP contribution in [0.5, 0.6) is 0 Å². The van der Waals surface area contributed by atoms with Crippen LogP contribution < -0.4 is 5.32 Å². The van der Waals surface area contributed by atoms with Crippen molar-refractivity contribution in [1.82, 2.24) is 10.2 Å². The fourth-order valence-electron chi connectivity index (χ4n) is 1.38. The Balaban J connectivity index is 2.02. The van der Waals surface area contributed by atoms with Crippen molar-refractivity contribution in [2.75, 3.05) is 11.1 Å². The Labute approximate surface area is 119 Å². The minimum atomic E-state index is -0.858.